The number of halogens is 3. The Bertz CT molecular complexity index is 544. The van der Waals surface area contributed by atoms with E-state index in [0.29, 0.717) is 5.02 Å². The molecule has 1 heterocycles. The third-order valence-electron chi connectivity index (χ3n) is 2.09. The molecule has 0 saturated heterocycles. The maximum atomic E-state index is 13.5. The molecule has 0 fully saturated rings. The van der Waals surface area contributed by atoms with E-state index in [2.05, 4.69) is 4.98 Å². The molecule has 1 aromatic heterocycles. The van der Waals surface area contributed by atoms with Crippen molar-refractivity contribution in [3.8, 4) is 11.3 Å². The molecule has 0 saturated carbocycles. The van der Waals surface area contributed by atoms with Gasteiger partial charge in [0.05, 0.1) is 16.4 Å². The summed E-state index contributed by atoms with van der Waals surface area (Å²) < 4.78 is 26.5. The molecule has 0 radical (unpaired) electrons. The van der Waals surface area contributed by atoms with Crippen LogP contribution in [0.3, 0.4) is 0 Å². The van der Waals surface area contributed by atoms with Gasteiger partial charge >= 0.3 is 0 Å². The normalized spacial score (nSPS) is 10.4. The topological polar surface area (TPSA) is 38.9 Å². The van der Waals surface area contributed by atoms with Crippen LogP contribution < -0.4 is 5.73 Å². The van der Waals surface area contributed by atoms with E-state index < -0.39 is 11.6 Å². The number of aromatic nitrogens is 1. The molecule has 2 aromatic rings. The quantitative estimate of drug-likeness (QED) is 0.831. The molecule has 2 rings (SSSR count). The zero-order chi connectivity index (χ0) is 11.7. The van der Waals surface area contributed by atoms with Crippen LogP contribution in [0.1, 0.15) is 0 Å². The molecule has 0 aliphatic heterocycles. The van der Waals surface area contributed by atoms with E-state index in [-0.39, 0.29) is 16.9 Å². The van der Waals surface area contributed by atoms with Crippen molar-refractivity contribution in [2.45, 2.75) is 0 Å². The summed E-state index contributed by atoms with van der Waals surface area (Å²) in [5.41, 5.74) is 6.05. The van der Waals surface area contributed by atoms with Crippen LogP contribution in [0.4, 0.5) is 14.5 Å². The van der Waals surface area contributed by atoms with Gasteiger partial charge in [0.25, 0.3) is 0 Å². The number of nitrogens with zero attached hydrogens (tertiary/aromatic N) is 1. The summed E-state index contributed by atoms with van der Waals surface area (Å²) in [5, 5.41) is 0.345. The monoisotopic (exact) mass is 240 g/mol. The van der Waals surface area contributed by atoms with Gasteiger partial charge in [0.1, 0.15) is 0 Å². The van der Waals surface area contributed by atoms with Gasteiger partial charge in [0.2, 0.25) is 0 Å². The number of nitrogens with two attached hydrogens (primary N) is 1. The maximum Gasteiger partial charge on any atom is 0.168 e. The van der Waals surface area contributed by atoms with Gasteiger partial charge < -0.3 is 5.73 Å². The summed E-state index contributed by atoms with van der Waals surface area (Å²) >= 11 is 5.67. The van der Waals surface area contributed by atoms with Crippen LogP contribution in [0.15, 0.2) is 30.5 Å². The molecule has 0 aliphatic rings. The lowest BCUT2D eigenvalue weighted by molar-refractivity contribution is 0.511. The molecule has 0 bridgehead atoms. The smallest absolute Gasteiger partial charge is 0.168 e. The molecule has 0 amide bonds. The number of benzene rings is 1. The summed E-state index contributed by atoms with van der Waals surface area (Å²) in [6.07, 6.45) is 1.33. The van der Waals surface area contributed by atoms with Crippen molar-refractivity contribution in [3.63, 3.8) is 0 Å². The molecular formula is C11H7ClF2N2. The van der Waals surface area contributed by atoms with Gasteiger partial charge in [-0.2, -0.15) is 0 Å². The molecule has 0 spiro atoms. The summed E-state index contributed by atoms with van der Waals surface area (Å²) in [6.45, 7) is 0. The molecule has 0 aliphatic carbocycles. The molecule has 1 aromatic carbocycles. The van der Waals surface area contributed by atoms with Crippen LogP contribution >= 0.6 is 11.6 Å². The largest absolute Gasteiger partial charge is 0.397 e. The Morgan fingerprint density at radius 1 is 1.25 bits per heavy atom. The molecule has 82 valence electrons. The van der Waals surface area contributed by atoms with E-state index in [0.717, 1.165) is 6.07 Å². The lowest BCUT2D eigenvalue weighted by Crippen LogP contribution is -1.96. The van der Waals surface area contributed by atoms with Crippen molar-refractivity contribution in [1.82, 2.24) is 4.98 Å². The first-order valence-corrected chi connectivity index (χ1v) is 4.83. The lowest BCUT2D eigenvalue weighted by atomic mass is 10.1. The Kier molecular flexibility index (Phi) is 2.75. The van der Waals surface area contributed by atoms with E-state index in [1.165, 1.54) is 24.4 Å². The van der Waals surface area contributed by atoms with Crippen molar-refractivity contribution in [2.75, 3.05) is 5.73 Å². The third-order valence-corrected chi connectivity index (χ3v) is 2.30. The Morgan fingerprint density at radius 2 is 2.00 bits per heavy atom. The number of rotatable bonds is 1. The predicted octanol–water partition coefficient (Wildman–Crippen LogP) is 3.26. The van der Waals surface area contributed by atoms with Gasteiger partial charge in [-0.1, -0.05) is 17.7 Å². The van der Waals surface area contributed by atoms with Crippen molar-refractivity contribution in [3.05, 3.63) is 47.1 Å². The molecule has 2 nitrogen and oxygen atoms in total. The zero-order valence-electron chi connectivity index (χ0n) is 8.05. The van der Waals surface area contributed by atoms with Crippen molar-refractivity contribution in [1.29, 1.82) is 0 Å². The Labute approximate surface area is 95.7 Å². The fourth-order valence-corrected chi connectivity index (χ4v) is 1.53. The second-order valence-electron chi connectivity index (χ2n) is 3.19. The number of hydrogen-bond donors (Lipinski definition) is 1. The minimum atomic E-state index is -0.968. The highest BCUT2D eigenvalue weighted by Gasteiger charge is 2.13. The second-order valence-corrected chi connectivity index (χ2v) is 3.63. The van der Waals surface area contributed by atoms with E-state index in [4.69, 9.17) is 17.3 Å². The fourth-order valence-electron chi connectivity index (χ4n) is 1.37. The predicted molar refractivity (Wildman–Crippen MR) is 59.0 cm³/mol. The van der Waals surface area contributed by atoms with Crippen molar-refractivity contribution >= 4 is 17.3 Å². The van der Waals surface area contributed by atoms with Gasteiger partial charge in [0.15, 0.2) is 11.6 Å². The average Bonchev–Trinajstić information content (AvgIpc) is 2.23. The number of pyridine rings is 1. The standard InChI is InChI=1S/C11H7ClF2N2/c12-6-4-9(15)11(16-5-6)7-2-1-3-8(13)10(7)14/h1-5H,15H2. The van der Waals surface area contributed by atoms with Crippen LogP contribution in [0.25, 0.3) is 11.3 Å². The first kappa shape index (κ1) is 10.8. The van der Waals surface area contributed by atoms with Gasteiger partial charge in [-0.15, -0.1) is 0 Å². The highest BCUT2D eigenvalue weighted by atomic mass is 35.5. The first-order valence-electron chi connectivity index (χ1n) is 4.45. The van der Waals surface area contributed by atoms with E-state index >= 15 is 0 Å². The maximum absolute atomic E-state index is 13.5. The summed E-state index contributed by atoms with van der Waals surface area (Å²) in [5.74, 6) is -1.90. The molecule has 5 heteroatoms. The average molecular weight is 241 g/mol. The lowest BCUT2D eigenvalue weighted by Gasteiger charge is -2.06. The SMILES string of the molecule is Nc1cc(Cl)cnc1-c1cccc(F)c1F. The van der Waals surface area contributed by atoms with E-state index in [1.54, 1.807) is 0 Å². The minimum Gasteiger partial charge on any atom is -0.397 e. The molecular weight excluding hydrogens is 234 g/mol. The molecule has 16 heavy (non-hydrogen) atoms. The number of nitrogen functional groups attached to an aromatic ring is 1. The Morgan fingerprint density at radius 3 is 2.69 bits per heavy atom. The van der Waals surface area contributed by atoms with Gasteiger partial charge in [-0.05, 0) is 18.2 Å². The summed E-state index contributed by atoms with van der Waals surface area (Å²) in [4.78, 5) is 3.89. The Hall–Kier alpha value is -1.68. The highest BCUT2D eigenvalue weighted by Crippen LogP contribution is 2.28. The van der Waals surface area contributed by atoms with Crippen molar-refractivity contribution in [2.24, 2.45) is 0 Å². The van der Waals surface area contributed by atoms with E-state index in [1.807, 2.05) is 0 Å². The fraction of sp³-hybridized carbons (Fsp3) is 0. The van der Waals surface area contributed by atoms with Gasteiger partial charge in [-0.3, -0.25) is 4.98 Å². The molecule has 2 N–H and O–H groups in total. The molecule has 0 unspecified atom stereocenters. The third kappa shape index (κ3) is 1.84. The van der Waals surface area contributed by atoms with Crippen LogP contribution in [0, 0.1) is 11.6 Å². The van der Waals surface area contributed by atoms with Gasteiger partial charge in [-0.25, -0.2) is 8.78 Å². The minimum absolute atomic E-state index is 0.0224. The van der Waals surface area contributed by atoms with Crippen molar-refractivity contribution < 1.29 is 8.78 Å². The summed E-state index contributed by atoms with van der Waals surface area (Å²) in [7, 11) is 0. The van der Waals surface area contributed by atoms with E-state index in [9.17, 15) is 8.78 Å². The van der Waals surface area contributed by atoms with Crippen LogP contribution in [0.5, 0.6) is 0 Å². The Balaban J connectivity index is 2.63. The number of hydrogen-bond acceptors (Lipinski definition) is 2. The summed E-state index contributed by atoms with van der Waals surface area (Å²) in [6, 6.07) is 5.27. The van der Waals surface area contributed by atoms with Gasteiger partial charge in [0, 0.05) is 11.8 Å². The zero-order valence-corrected chi connectivity index (χ0v) is 8.80. The van der Waals surface area contributed by atoms with Crippen LogP contribution in [-0.4, -0.2) is 4.98 Å². The molecule has 0 atom stereocenters. The van der Waals surface area contributed by atoms with Crippen LogP contribution in [-0.2, 0) is 0 Å². The first-order chi connectivity index (χ1) is 7.59. The second kappa shape index (κ2) is 4.06. The number of anilines is 1. The highest BCUT2D eigenvalue weighted by molar-refractivity contribution is 6.30. The van der Waals surface area contributed by atoms with Crippen LogP contribution in [0.2, 0.25) is 5.02 Å².